The maximum absolute atomic E-state index is 11.2. The van der Waals surface area contributed by atoms with Gasteiger partial charge in [0.05, 0.1) is 0 Å². The molecular weight excluding hydrogens is 236 g/mol. The SMILES string of the molecule is O=C(O)CONC(=O)NC1CCS(=O)CC1. The van der Waals surface area contributed by atoms with Crippen molar-refractivity contribution in [2.24, 2.45) is 0 Å². The van der Waals surface area contributed by atoms with E-state index >= 15 is 0 Å². The van der Waals surface area contributed by atoms with Crippen molar-refractivity contribution in [1.82, 2.24) is 10.8 Å². The summed E-state index contributed by atoms with van der Waals surface area (Å²) < 4.78 is 11.0. The highest BCUT2D eigenvalue weighted by atomic mass is 32.2. The van der Waals surface area contributed by atoms with E-state index in [1.807, 2.05) is 5.48 Å². The summed E-state index contributed by atoms with van der Waals surface area (Å²) in [7, 11) is -0.768. The molecule has 1 rings (SSSR count). The number of amides is 2. The van der Waals surface area contributed by atoms with Crippen molar-refractivity contribution < 1.29 is 23.7 Å². The Labute approximate surface area is 94.9 Å². The molecule has 1 heterocycles. The number of hydroxylamine groups is 1. The van der Waals surface area contributed by atoms with Crippen LogP contribution in [0.15, 0.2) is 0 Å². The molecule has 0 aromatic carbocycles. The van der Waals surface area contributed by atoms with E-state index in [4.69, 9.17) is 5.11 Å². The second-order valence-electron chi connectivity index (χ2n) is 3.38. The zero-order valence-corrected chi connectivity index (χ0v) is 9.42. The highest BCUT2D eigenvalue weighted by Gasteiger charge is 2.19. The molecule has 0 aliphatic carbocycles. The standard InChI is InChI=1S/C8H14N2O5S/c11-7(12)5-15-10-8(13)9-6-1-3-16(14)4-2-6/h6H,1-5H2,(H,11,12)(H2,9,10,13). The first-order valence-electron chi connectivity index (χ1n) is 4.83. The number of carboxylic acids is 1. The van der Waals surface area contributed by atoms with Gasteiger partial charge in [0.2, 0.25) is 0 Å². The Balaban J connectivity index is 2.14. The number of rotatable bonds is 4. The summed E-state index contributed by atoms with van der Waals surface area (Å²) in [5.74, 6) is 0.00959. The van der Waals surface area contributed by atoms with Crippen LogP contribution in [0.1, 0.15) is 12.8 Å². The van der Waals surface area contributed by atoms with Crippen LogP contribution in [0.25, 0.3) is 0 Å². The van der Waals surface area contributed by atoms with Gasteiger partial charge in [-0.2, -0.15) is 0 Å². The van der Waals surface area contributed by atoms with Crippen molar-refractivity contribution in [3.8, 4) is 0 Å². The van der Waals surface area contributed by atoms with Crippen LogP contribution in [0, 0.1) is 0 Å². The molecule has 1 fully saturated rings. The van der Waals surface area contributed by atoms with Crippen molar-refractivity contribution in [2.45, 2.75) is 18.9 Å². The lowest BCUT2D eigenvalue weighted by molar-refractivity contribution is -0.144. The Hall–Kier alpha value is -1.15. The molecule has 7 nitrogen and oxygen atoms in total. The van der Waals surface area contributed by atoms with Gasteiger partial charge in [-0.25, -0.2) is 15.1 Å². The summed E-state index contributed by atoms with van der Waals surface area (Å²) in [5, 5.41) is 10.9. The molecule has 8 heteroatoms. The predicted octanol–water partition coefficient (Wildman–Crippen LogP) is -0.787. The number of nitrogens with one attached hydrogen (secondary N) is 2. The van der Waals surface area contributed by atoms with Gasteiger partial charge >= 0.3 is 12.0 Å². The topological polar surface area (TPSA) is 105 Å². The van der Waals surface area contributed by atoms with Crippen LogP contribution in [0.4, 0.5) is 4.79 Å². The van der Waals surface area contributed by atoms with Crippen molar-refractivity contribution in [2.75, 3.05) is 18.1 Å². The fraction of sp³-hybridized carbons (Fsp3) is 0.750. The van der Waals surface area contributed by atoms with Gasteiger partial charge < -0.3 is 10.4 Å². The van der Waals surface area contributed by atoms with Crippen LogP contribution >= 0.6 is 0 Å². The van der Waals surface area contributed by atoms with Crippen LogP contribution in [-0.4, -0.2) is 45.5 Å². The molecule has 1 aliphatic heterocycles. The number of urea groups is 1. The number of hydrogen-bond donors (Lipinski definition) is 3. The Kier molecular flexibility index (Phi) is 5.20. The van der Waals surface area contributed by atoms with Crippen LogP contribution in [0.2, 0.25) is 0 Å². The average molecular weight is 250 g/mol. The van der Waals surface area contributed by atoms with Gasteiger partial charge in [0.15, 0.2) is 6.61 Å². The molecule has 1 saturated heterocycles. The molecule has 0 saturated carbocycles. The summed E-state index contributed by atoms with van der Waals surface area (Å²) in [6.45, 7) is -0.581. The quantitative estimate of drug-likeness (QED) is 0.567. The lowest BCUT2D eigenvalue weighted by Crippen LogP contribution is -2.45. The van der Waals surface area contributed by atoms with Crippen LogP contribution in [0.3, 0.4) is 0 Å². The Morgan fingerprint density at radius 2 is 2.00 bits per heavy atom. The zero-order chi connectivity index (χ0) is 12.0. The second kappa shape index (κ2) is 6.44. The fourth-order valence-corrected chi connectivity index (χ4v) is 2.62. The predicted molar refractivity (Wildman–Crippen MR) is 56.2 cm³/mol. The van der Waals surface area contributed by atoms with E-state index in [1.54, 1.807) is 0 Å². The third-order valence-corrected chi connectivity index (χ3v) is 3.47. The van der Waals surface area contributed by atoms with E-state index in [9.17, 15) is 13.8 Å². The number of aliphatic carboxylic acids is 1. The minimum atomic E-state index is -1.16. The molecule has 0 aromatic heterocycles. The van der Waals surface area contributed by atoms with Gasteiger partial charge in [0, 0.05) is 28.3 Å². The fourth-order valence-electron chi connectivity index (χ4n) is 1.32. The Morgan fingerprint density at radius 1 is 1.38 bits per heavy atom. The first-order valence-corrected chi connectivity index (χ1v) is 6.32. The average Bonchev–Trinajstić information content (AvgIpc) is 2.21. The highest BCUT2D eigenvalue weighted by molar-refractivity contribution is 7.85. The Morgan fingerprint density at radius 3 is 2.56 bits per heavy atom. The molecule has 1 aliphatic rings. The second-order valence-corrected chi connectivity index (χ2v) is 5.08. The number of carboxylic acid groups (broad SMARTS) is 1. The molecule has 0 aromatic rings. The van der Waals surface area contributed by atoms with Crippen molar-refractivity contribution in [1.29, 1.82) is 0 Å². The molecule has 0 radical (unpaired) electrons. The van der Waals surface area contributed by atoms with Crippen LogP contribution in [0.5, 0.6) is 0 Å². The van der Waals surface area contributed by atoms with Crippen LogP contribution in [-0.2, 0) is 20.4 Å². The smallest absolute Gasteiger partial charge is 0.338 e. The molecule has 0 spiro atoms. The molecule has 0 unspecified atom stereocenters. The summed E-state index contributed by atoms with van der Waals surface area (Å²) in [6.07, 6.45) is 1.33. The summed E-state index contributed by atoms with van der Waals surface area (Å²) in [5.41, 5.74) is 1.97. The lowest BCUT2D eigenvalue weighted by Gasteiger charge is -2.22. The third kappa shape index (κ3) is 5.08. The van der Waals surface area contributed by atoms with Gasteiger partial charge in [-0.15, -0.1) is 0 Å². The summed E-state index contributed by atoms with van der Waals surface area (Å²) >= 11 is 0. The Bertz CT molecular complexity index is 286. The summed E-state index contributed by atoms with van der Waals surface area (Å²) in [4.78, 5) is 25.6. The first kappa shape index (κ1) is 12.9. The van der Waals surface area contributed by atoms with E-state index in [1.165, 1.54) is 0 Å². The molecule has 3 N–H and O–H groups in total. The van der Waals surface area contributed by atoms with Gasteiger partial charge in [0.25, 0.3) is 0 Å². The maximum atomic E-state index is 11.2. The van der Waals surface area contributed by atoms with E-state index in [0.717, 1.165) is 0 Å². The number of carbonyl (C=O) groups excluding carboxylic acids is 1. The van der Waals surface area contributed by atoms with Gasteiger partial charge in [-0.05, 0) is 12.8 Å². The van der Waals surface area contributed by atoms with Gasteiger partial charge in [-0.3, -0.25) is 9.05 Å². The zero-order valence-electron chi connectivity index (χ0n) is 8.60. The van der Waals surface area contributed by atoms with E-state index < -0.39 is 29.4 Å². The van der Waals surface area contributed by atoms with Crippen molar-refractivity contribution in [3.63, 3.8) is 0 Å². The van der Waals surface area contributed by atoms with E-state index in [0.29, 0.717) is 24.3 Å². The molecule has 92 valence electrons. The molecular formula is C8H14N2O5S. The number of hydrogen-bond acceptors (Lipinski definition) is 4. The van der Waals surface area contributed by atoms with Crippen LogP contribution < -0.4 is 10.8 Å². The maximum Gasteiger partial charge on any atom is 0.338 e. The minimum Gasteiger partial charge on any atom is -0.479 e. The molecule has 16 heavy (non-hydrogen) atoms. The summed E-state index contributed by atoms with van der Waals surface area (Å²) in [6, 6.07) is -0.593. The monoisotopic (exact) mass is 250 g/mol. The van der Waals surface area contributed by atoms with Gasteiger partial charge in [-0.1, -0.05) is 0 Å². The molecule has 0 atom stereocenters. The molecule has 0 bridgehead atoms. The van der Waals surface area contributed by atoms with Crippen molar-refractivity contribution in [3.05, 3.63) is 0 Å². The van der Waals surface area contributed by atoms with E-state index in [2.05, 4.69) is 10.2 Å². The lowest BCUT2D eigenvalue weighted by atomic mass is 10.2. The first-order chi connectivity index (χ1) is 7.58. The normalized spacial score (nSPS) is 24.8. The number of carbonyl (C=O) groups is 2. The third-order valence-electron chi connectivity index (χ3n) is 2.08. The van der Waals surface area contributed by atoms with E-state index in [-0.39, 0.29) is 6.04 Å². The molecule has 2 amide bonds. The van der Waals surface area contributed by atoms with Crippen molar-refractivity contribution >= 4 is 22.8 Å². The largest absolute Gasteiger partial charge is 0.479 e. The van der Waals surface area contributed by atoms with Gasteiger partial charge in [0.1, 0.15) is 0 Å². The minimum absolute atomic E-state index is 0.0221. The highest BCUT2D eigenvalue weighted by Crippen LogP contribution is 2.08.